The number of nitrogens with one attached hydrogen (secondary N) is 2. The van der Waals surface area contributed by atoms with Crippen molar-refractivity contribution in [3.05, 3.63) is 88.2 Å². The van der Waals surface area contributed by atoms with Gasteiger partial charge in [-0.25, -0.2) is 8.42 Å². The largest absolute Gasteiger partial charge is 0.361 e. The molecule has 4 rings (SSSR count). The molecule has 1 unspecified atom stereocenters. The summed E-state index contributed by atoms with van der Waals surface area (Å²) in [4.78, 5) is 17.5. The molecule has 0 bridgehead atoms. The normalized spacial score (nSPS) is 13.0. The first-order chi connectivity index (χ1) is 15.8. The van der Waals surface area contributed by atoms with Gasteiger partial charge in [-0.15, -0.1) is 11.3 Å². The topological polar surface area (TPSA) is 82.3 Å². The number of carbonyl (C=O) groups is 1. The van der Waals surface area contributed by atoms with Crippen LogP contribution in [-0.2, 0) is 10.0 Å². The van der Waals surface area contributed by atoms with Gasteiger partial charge in [-0.2, -0.15) is 4.31 Å². The third-order valence-electron chi connectivity index (χ3n) is 5.87. The van der Waals surface area contributed by atoms with Gasteiger partial charge in [0.05, 0.1) is 4.90 Å². The van der Waals surface area contributed by atoms with Crippen LogP contribution in [0.4, 0.5) is 0 Å². The van der Waals surface area contributed by atoms with Crippen molar-refractivity contribution >= 4 is 38.2 Å². The third kappa shape index (κ3) is 4.73. The fraction of sp³-hybridized carbons (Fsp3) is 0.240. The average Bonchev–Trinajstić information content (AvgIpc) is 3.49. The lowest BCUT2D eigenvalue weighted by Crippen LogP contribution is -2.33. The summed E-state index contributed by atoms with van der Waals surface area (Å²) >= 11 is 1.66. The maximum Gasteiger partial charge on any atom is 0.251 e. The van der Waals surface area contributed by atoms with Gasteiger partial charge in [-0.05, 0) is 61.2 Å². The van der Waals surface area contributed by atoms with E-state index in [0.717, 1.165) is 16.5 Å². The van der Waals surface area contributed by atoms with Crippen molar-refractivity contribution < 1.29 is 13.2 Å². The van der Waals surface area contributed by atoms with Gasteiger partial charge in [-0.1, -0.05) is 24.3 Å². The lowest BCUT2D eigenvalue weighted by Gasteiger charge is -2.21. The Bertz CT molecular complexity index is 1340. The molecule has 0 aliphatic rings. The smallest absolute Gasteiger partial charge is 0.251 e. The van der Waals surface area contributed by atoms with Crippen LogP contribution >= 0.6 is 11.3 Å². The van der Waals surface area contributed by atoms with Crippen molar-refractivity contribution in [2.24, 2.45) is 0 Å². The van der Waals surface area contributed by atoms with Gasteiger partial charge in [0.2, 0.25) is 10.0 Å². The van der Waals surface area contributed by atoms with Crippen LogP contribution in [0.5, 0.6) is 0 Å². The number of benzene rings is 2. The summed E-state index contributed by atoms with van der Waals surface area (Å²) < 4.78 is 26.6. The Balaban J connectivity index is 1.53. The number of rotatable bonds is 8. The van der Waals surface area contributed by atoms with Crippen LogP contribution in [0.1, 0.15) is 40.6 Å². The van der Waals surface area contributed by atoms with Crippen molar-refractivity contribution in [1.29, 1.82) is 0 Å². The Morgan fingerprint density at radius 3 is 2.45 bits per heavy atom. The maximum atomic E-state index is 12.9. The monoisotopic (exact) mass is 481 g/mol. The summed E-state index contributed by atoms with van der Waals surface area (Å²) in [6.45, 7) is 4.06. The van der Waals surface area contributed by atoms with Gasteiger partial charge in [0.15, 0.2) is 0 Å². The fourth-order valence-electron chi connectivity index (χ4n) is 3.75. The van der Waals surface area contributed by atoms with Crippen LogP contribution in [0.3, 0.4) is 0 Å². The Morgan fingerprint density at radius 1 is 1.06 bits per heavy atom. The number of thiophene rings is 1. The molecule has 33 heavy (non-hydrogen) atoms. The first-order valence-electron chi connectivity index (χ1n) is 10.7. The number of fused-ring (bicyclic) bond motifs is 1. The van der Waals surface area contributed by atoms with Gasteiger partial charge in [0, 0.05) is 53.1 Å². The predicted octanol–water partition coefficient (Wildman–Crippen LogP) is 4.82. The van der Waals surface area contributed by atoms with Crippen LogP contribution in [0, 0.1) is 0 Å². The van der Waals surface area contributed by atoms with E-state index >= 15 is 0 Å². The Hall–Kier alpha value is -2.94. The van der Waals surface area contributed by atoms with E-state index in [1.54, 1.807) is 30.5 Å². The number of hydrogen-bond donors (Lipinski definition) is 2. The number of aromatic amines is 1. The minimum atomic E-state index is -3.59. The van der Waals surface area contributed by atoms with Crippen molar-refractivity contribution in [2.45, 2.75) is 30.7 Å². The number of carbonyl (C=O) groups excluding carboxylic acids is 1. The molecule has 1 amide bonds. The minimum absolute atomic E-state index is 0.00411. The second-order valence-electron chi connectivity index (χ2n) is 8.21. The molecule has 172 valence electrons. The molecule has 2 aromatic heterocycles. The maximum absolute atomic E-state index is 12.9. The van der Waals surface area contributed by atoms with E-state index in [4.69, 9.17) is 0 Å². The van der Waals surface area contributed by atoms with E-state index in [1.807, 2.05) is 49.7 Å². The number of sulfonamides is 1. The summed E-state index contributed by atoms with van der Waals surface area (Å²) in [5, 5.41) is 6.20. The summed E-state index contributed by atoms with van der Waals surface area (Å²) in [6, 6.07) is 18.1. The Labute approximate surface area is 198 Å². The van der Waals surface area contributed by atoms with E-state index in [2.05, 4.69) is 22.4 Å². The molecule has 2 N–H and O–H groups in total. The molecule has 0 aliphatic heterocycles. The summed E-state index contributed by atoms with van der Waals surface area (Å²) in [6.07, 6.45) is 2.01. The third-order valence-corrected chi connectivity index (χ3v) is 8.90. The number of nitrogens with zero attached hydrogens (tertiary/aromatic N) is 1. The number of aromatic nitrogens is 1. The zero-order valence-corrected chi connectivity index (χ0v) is 20.4. The molecular formula is C25H27N3O3S2. The van der Waals surface area contributed by atoms with Crippen LogP contribution in [-0.4, -0.2) is 43.2 Å². The fourth-order valence-corrected chi connectivity index (χ4v) is 5.97. The Morgan fingerprint density at radius 2 is 1.79 bits per heavy atom. The van der Waals surface area contributed by atoms with Gasteiger partial charge in [0.25, 0.3) is 5.91 Å². The summed E-state index contributed by atoms with van der Waals surface area (Å²) in [7, 11) is -2.04. The molecule has 0 fully saturated rings. The predicted molar refractivity (Wildman–Crippen MR) is 133 cm³/mol. The lowest BCUT2D eigenvalue weighted by atomic mass is 9.96. The number of amides is 1. The number of hydrogen-bond acceptors (Lipinski definition) is 4. The van der Waals surface area contributed by atoms with Crippen molar-refractivity contribution in [1.82, 2.24) is 14.6 Å². The number of para-hydroxylation sites is 1. The van der Waals surface area contributed by atoms with Crippen molar-refractivity contribution in [2.75, 3.05) is 13.6 Å². The summed E-state index contributed by atoms with van der Waals surface area (Å²) in [5.74, 6) is -0.234. The number of H-pyrrole nitrogens is 1. The molecule has 6 nitrogen and oxygen atoms in total. The van der Waals surface area contributed by atoms with E-state index in [-0.39, 0.29) is 22.8 Å². The first-order valence-corrected chi connectivity index (χ1v) is 13.1. The highest BCUT2D eigenvalue weighted by molar-refractivity contribution is 7.89. The SMILES string of the molecule is CC(C)N(C)S(=O)(=O)c1ccc(C(=O)NCC(c2cccs2)c2c[nH]c3ccccc23)cc1. The van der Waals surface area contributed by atoms with E-state index in [1.165, 1.54) is 21.3 Å². The van der Waals surface area contributed by atoms with Crippen molar-refractivity contribution in [3.63, 3.8) is 0 Å². The van der Waals surface area contributed by atoms with Crippen LogP contribution < -0.4 is 5.32 Å². The summed E-state index contributed by atoms with van der Waals surface area (Å²) in [5.41, 5.74) is 2.61. The molecule has 1 atom stereocenters. The van der Waals surface area contributed by atoms with E-state index in [9.17, 15) is 13.2 Å². The molecule has 2 heterocycles. The van der Waals surface area contributed by atoms with E-state index in [0.29, 0.717) is 12.1 Å². The first kappa shape index (κ1) is 23.2. The average molecular weight is 482 g/mol. The van der Waals surface area contributed by atoms with Crippen LogP contribution in [0.15, 0.2) is 77.1 Å². The van der Waals surface area contributed by atoms with E-state index < -0.39 is 10.0 Å². The van der Waals surface area contributed by atoms with Crippen LogP contribution in [0.25, 0.3) is 10.9 Å². The molecule has 0 spiro atoms. The van der Waals surface area contributed by atoms with Crippen molar-refractivity contribution in [3.8, 4) is 0 Å². The highest BCUT2D eigenvalue weighted by atomic mass is 32.2. The lowest BCUT2D eigenvalue weighted by molar-refractivity contribution is 0.0952. The molecule has 0 radical (unpaired) electrons. The molecule has 0 saturated carbocycles. The van der Waals surface area contributed by atoms with Gasteiger partial charge in [-0.3, -0.25) is 4.79 Å². The zero-order chi connectivity index (χ0) is 23.6. The molecule has 8 heteroatoms. The van der Waals surface area contributed by atoms with Crippen LogP contribution in [0.2, 0.25) is 0 Å². The quantitative estimate of drug-likeness (QED) is 0.379. The minimum Gasteiger partial charge on any atom is -0.361 e. The molecule has 0 aliphatic carbocycles. The van der Waals surface area contributed by atoms with Gasteiger partial charge < -0.3 is 10.3 Å². The van der Waals surface area contributed by atoms with Gasteiger partial charge in [0.1, 0.15) is 0 Å². The van der Waals surface area contributed by atoms with Gasteiger partial charge >= 0.3 is 0 Å². The standard InChI is InChI=1S/C25H27N3O3S2/c1-17(2)28(3)33(30,31)19-12-10-18(11-13-19)25(29)27-16-22(24-9-6-14-32-24)21-15-26-23-8-5-4-7-20(21)23/h4-15,17,22,26H,16H2,1-3H3,(H,27,29). The molecular weight excluding hydrogens is 454 g/mol. The molecule has 4 aromatic rings. The second kappa shape index (κ2) is 9.51. The Kier molecular flexibility index (Phi) is 6.69. The molecule has 2 aromatic carbocycles. The zero-order valence-electron chi connectivity index (χ0n) is 18.8. The molecule has 0 saturated heterocycles. The second-order valence-corrected chi connectivity index (χ2v) is 11.2. The highest BCUT2D eigenvalue weighted by Crippen LogP contribution is 2.33. The highest BCUT2D eigenvalue weighted by Gasteiger charge is 2.24.